The topological polar surface area (TPSA) is 57.3 Å². The Morgan fingerprint density at radius 1 is 1.40 bits per heavy atom. The number of aromatic nitrogens is 1. The van der Waals surface area contributed by atoms with Crippen molar-refractivity contribution in [3.8, 4) is 0 Å². The van der Waals surface area contributed by atoms with Crippen LogP contribution in [-0.2, 0) is 0 Å². The second kappa shape index (κ2) is 6.90. The Kier molecular flexibility index (Phi) is 5.77. The maximum atomic E-state index is 12.2. The molecule has 1 aromatic rings. The maximum Gasteiger partial charge on any atom is 0.271 e. The van der Waals surface area contributed by atoms with Gasteiger partial charge in [0.15, 0.2) is 0 Å². The molecular formula is C14H23ClN4O. The fourth-order valence-electron chi connectivity index (χ4n) is 2.06. The Hall–Kier alpha value is -1.33. The molecule has 2 N–H and O–H groups in total. The molecule has 5 nitrogen and oxygen atoms in total. The summed E-state index contributed by atoms with van der Waals surface area (Å²) >= 11 is 6.02. The van der Waals surface area contributed by atoms with Crippen molar-refractivity contribution >= 4 is 23.3 Å². The molecule has 0 aliphatic rings. The number of hydrogen-bond acceptors (Lipinski definition) is 4. The van der Waals surface area contributed by atoms with E-state index in [1.54, 1.807) is 19.2 Å². The zero-order valence-corrected chi connectivity index (χ0v) is 13.5. The van der Waals surface area contributed by atoms with Gasteiger partial charge in [0.25, 0.3) is 5.91 Å². The number of nitrogens with one attached hydrogen (secondary N) is 2. The first kappa shape index (κ1) is 16.7. The van der Waals surface area contributed by atoms with E-state index in [0.29, 0.717) is 17.4 Å². The van der Waals surface area contributed by atoms with Crippen molar-refractivity contribution in [1.82, 2.24) is 15.2 Å². The highest BCUT2D eigenvalue weighted by atomic mass is 35.5. The lowest BCUT2D eigenvalue weighted by atomic mass is 9.93. The Balaban J connectivity index is 2.72. The van der Waals surface area contributed by atoms with Crippen molar-refractivity contribution in [3.63, 3.8) is 0 Å². The van der Waals surface area contributed by atoms with Gasteiger partial charge in [-0.2, -0.15) is 0 Å². The highest BCUT2D eigenvalue weighted by Crippen LogP contribution is 2.18. The van der Waals surface area contributed by atoms with E-state index in [1.165, 1.54) is 0 Å². The van der Waals surface area contributed by atoms with E-state index < -0.39 is 0 Å². The first-order valence-electron chi connectivity index (χ1n) is 6.52. The van der Waals surface area contributed by atoms with Crippen molar-refractivity contribution in [2.75, 3.05) is 39.5 Å². The van der Waals surface area contributed by atoms with Gasteiger partial charge in [-0.15, -0.1) is 0 Å². The standard InChI is InChI=1S/C14H23ClN4O/c1-14(2,9-19(4)5)8-17-13(20)12-10(15)6-7-11(16-3)18-12/h6-7H,8-9H2,1-5H3,(H,16,18)(H,17,20). The van der Waals surface area contributed by atoms with E-state index in [1.807, 2.05) is 14.1 Å². The largest absolute Gasteiger partial charge is 0.373 e. The molecule has 0 bridgehead atoms. The smallest absolute Gasteiger partial charge is 0.271 e. The van der Waals surface area contributed by atoms with Gasteiger partial charge >= 0.3 is 0 Å². The van der Waals surface area contributed by atoms with E-state index in [4.69, 9.17) is 11.6 Å². The summed E-state index contributed by atoms with van der Waals surface area (Å²) in [5, 5.41) is 6.14. The Labute approximate surface area is 125 Å². The molecule has 0 aliphatic carbocycles. The Morgan fingerprint density at radius 3 is 2.60 bits per heavy atom. The predicted octanol–water partition coefficient (Wildman–Crippen LogP) is 2.09. The Morgan fingerprint density at radius 2 is 2.05 bits per heavy atom. The van der Waals surface area contributed by atoms with E-state index in [9.17, 15) is 4.79 Å². The SMILES string of the molecule is CNc1ccc(Cl)c(C(=O)NCC(C)(C)CN(C)C)n1. The van der Waals surface area contributed by atoms with Crippen molar-refractivity contribution < 1.29 is 4.79 Å². The van der Waals surface area contributed by atoms with Crippen LogP contribution in [0.5, 0.6) is 0 Å². The number of carbonyl (C=O) groups is 1. The third-order valence-electron chi connectivity index (χ3n) is 2.79. The van der Waals surface area contributed by atoms with E-state index >= 15 is 0 Å². The van der Waals surface area contributed by atoms with Gasteiger partial charge in [0.2, 0.25) is 0 Å². The third kappa shape index (κ3) is 4.98. The number of halogens is 1. The van der Waals surface area contributed by atoms with E-state index in [2.05, 4.69) is 34.4 Å². The molecule has 0 saturated heterocycles. The van der Waals surface area contributed by atoms with Crippen LogP contribution in [-0.4, -0.2) is 50.0 Å². The fourth-order valence-corrected chi connectivity index (χ4v) is 2.25. The number of pyridine rings is 1. The van der Waals surface area contributed by atoms with Crippen molar-refractivity contribution in [3.05, 3.63) is 22.8 Å². The van der Waals surface area contributed by atoms with Gasteiger partial charge in [0.1, 0.15) is 11.5 Å². The number of carbonyl (C=O) groups excluding carboxylic acids is 1. The van der Waals surface area contributed by atoms with Gasteiger partial charge in [-0.25, -0.2) is 4.98 Å². The third-order valence-corrected chi connectivity index (χ3v) is 3.09. The van der Waals surface area contributed by atoms with Crippen LogP contribution in [0.15, 0.2) is 12.1 Å². The molecule has 0 atom stereocenters. The predicted molar refractivity (Wildman–Crippen MR) is 83.5 cm³/mol. The minimum atomic E-state index is -0.251. The van der Waals surface area contributed by atoms with Gasteiger partial charge in [-0.1, -0.05) is 25.4 Å². The molecule has 1 aromatic heterocycles. The van der Waals surface area contributed by atoms with E-state index in [0.717, 1.165) is 6.54 Å². The molecule has 1 rings (SSSR count). The molecule has 1 heterocycles. The quantitative estimate of drug-likeness (QED) is 0.844. The lowest BCUT2D eigenvalue weighted by Crippen LogP contribution is -2.40. The molecule has 0 radical (unpaired) electrons. The Bertz CT molecular complexity index is 474. The average Bonchev–Trinajstić information content (AvgIpc) is 2.35. The molecule has 6 heteroatoms. The van der Waals surface area contributed by atoms with Gasteiger partial charge in [0, 0.05) is 20.1 Å². The minimum Gasteiger partial charge on any atom is -0.373 e. The first-order valence-corrected chi connectivity index (χ1v) is 6.90. The van der Waals surface area contributed by atoms with Crippen LogP contribution >= 0.6 is 11.6 Å². The molecule has 0 saturated carbocycles. The van der Waals surface area contributed by atoms with Crippen LogP contribution in [0.2, 0.25) is 5.02 Å². The maximum absolute atomic E-state index is 12.2. The minimum absolute atomic E-state index is 0.0216. The fraction of sp³-hybridized carbons (Fsp3) is 0.571. The lowest BCUT2D eigenvalue weighted by molar-refractivity contribution is 0.0924. The van der Waals surface area contributed by atoms with Gasteiger partial charge < -0.3 is 15.5 Å². The second-order valence-corrected chi connectivity index (χ2v) is 6.27. The summed E-state index contributed by atoms with van der Waals surface area (Å²) in [5.41, 5.74) is 0.228. The zero-order valence-electron chi connectivity index (χ0n) is 12.7. The van der Waals surface area contributed by atoms with Gasteiger partial charge in [-0.3, -0.25) is 4.79 Å². The van der Waals surface area contributed by atoms with Crippen molar-refractivity contribution in [1.29, 1.82) is 0 Å². The molecule has 0 aliphatic heterocycles. The molecule has 112 valence electrons. The summed E-state index contributed by atoms with van der Waals surface area (Å²) in [4.78, 5) is 18.4. The summed E-state index contributed by atoms with van der Waals surface area (Å²) in [6.07, 6.45) is 0. The zero-order chi connectivity index (χ0) is 15.3. The van der Waals surface area contributed by atoms with Crippen molar-refractivity contribution in [2.45, 2.75) is 13.8 Å². The van der Waals surface area contributed by atoms with Crippen LogP contribution in [0.25, 0.3) is 0 Å². The normalized spacial score (nSPS) is 11.6. The highest BCUT2D eigenvalue weighted by Gasteiger charge is 2.21. The summed E-state index contributed by atoms with van der Waals surface area (Å²) in [6.45, 7) is 5.65. The number of rotatable bonds is 6. The number of nitrogens with zero attached hydrogens (tertiary/aromatic N) is 2. The number of amides is 1. The first-order chi connectivity index (χ1) is 9.25. The molecular weight excluding hydrogens is 276 g/mol. The molecule has 20 heavy (non-hydrogen) atoms. The van der Waals surface area contributed by atoms with Crippen molar-refractivity contribution in [2.24, 2.45) is 5.41 Å². The molecule has 0 unspecified atom stereocenters. The lowest BCUT2D eigenvalue weighted by Gasteiger charge is -2.28. The summed E-state index contributed by atoms with van der Waals surface area (Å²) < 4.78 is 0. The van der Waals surface area contributed by atoms with Crippen LogP contribution in [0.1, 0.15) is 24.3 Å². The van der Waals surface area contributed by atoms with Crippen LogP contribution in [0.4, 0.5) is 5.82 Å². The highest BCUT2D eigenvalue weighted by molar-refractivity contribution is 6.33. The van der Waals surface area contributed by atoms with Gasteiger partial charge in [-0.05, 0) is 31.6 Å². The molecule has 1 amide bonds. The summed E-state index contributed by atoms with van der Waals surface area (Å²) in [7, 11) is 5.77. The monoisotopic (exact) mass is 298 g/mol. The number of hydrogen-bond donors (Lipinski definition) is 2. The summed E-state index contributed by atoms with van der Waals surface area (Å²) in [6, 6.07) is 3.40. The molecule has 0 aromatic carbocycles. The summed E-state index contributed by atoms with van der Waals surface area (Å²) in [5.74, 6) is 0.367. The van der Waals surface area contributed by atoms with Gasteiger partial charge in [0.05, 0.1) is 5.02 Å². The number of anilines is 1. The molecule has 0 fully saturated rings. The molecule has 0 spiro atoms. The van der Waals surface area contributed by atoms with Crippen LogP contribution < -0.4 is 10.6 Å². The average molecular weight is 299 g/mol. The van der Waals surface area contributed by atoms with Crippen LogP contribution in [0.3, 0.4) is 0 Å². The second-order valence-electron chi connectivity index (χ2n) is 5.86. The van der Waals surface area contributed by atoms with Crippen LogP contribution in [0, 0.1) is 5.41 Å². The van der Waals surface area contributed by atoms with E-state index in [-0.39, 0.29) is 17.0 Å².